The van der Waals surface area contributed by atoms with Gasteiger partial charge < -0.3 is 94.3 Å². The number of carboxylic acids is 4. The van der Waals surface area contributed by atoms with Gasteiger partial charge in [-0.1, -0.05) is 20.3 Å². The highest BCUT2D eigenvalue weighted by Gasteiger charge is 2.32. The fourth-order valence-corrected chi connectivity index (χ4v) is 6.52. The molecular weight excluding hydrogens is 1140 g/mol. The van der Waals surface area contributed by atoms with E-state index in [4.69, 9.17) is 57.6 Å². The molecule has 8 amide bonds. The van der Waals surface area contributed by atoms with Gasteiger partial charge in [0.25, 0.3) is 11.8 Å². The number of nitrogens with two attached hydrogens (primary N) is 4. The third-order valence-electron chi connectivity index (χ3n) is 11.5. The molecule has 0 aliphatic carbocycles. The first-order chi connectivity index (χ1) is 40.3. The van der Waals surface area contributed by atoms with Crippen molar-refractivity contribution in [1.29, 1.82) is 0 Å². The van der Waals surface area contributed by atoms with Gasteiger partial charge in [-0.25, -0.2) is 14.4 Å². The average Bonchev–Trinajstić information content (AvgIpc) is 3.93. The number of imide groups is 1. The van der Waals surface area contributed by atoms with Crippen LogP contribution in [0.15, 0.2) is 0 Å². The Bertz CT molecular complexity index is 1910. The summed E-state index contributed by atoms with van der Waals surface area (Å²) in [5.41, 5.74) is 20.8. The zero-order chi connectivity index (χ0) is 65.4. The predicted molar refractivity (Wildman–Crippen MR) is 314 cm³/mol. The smallest absolute Gasteiger partial charge is 0.333 e. The van der Waals surface area contributed by atoms with Crippen molar-refractivity contribution < 1.29 is 102 Å². The molecule has 4 atom stereocenters. The van der Waals surface area contributed by atoms with Crippen LogP contribution in [0.5, 0.6) is 0 Å². The lowest BCUT2D eigenvalue weighted by Crippen LogP contribution is -2.41. The van der Waals surface area contributed by atoms with Crippen LogP contribution in [-0.4, -0.2) is 208 Å². The summed E-state index contributed by atoms with van der Waals surface area (Å²) in [6.45, 7) is 3.53. The second-order valence-corrected chi connectivity index (χ2v) is 18.7. The number of carbonyl (C=O) groups is 13. The Kier molecular flexibility index (Phi) is 61.0. The first kappa shape index (κ1) is 87.8. The van der Waals surface area contributed by atoms with Crippen LogP contribution in [0, 0.1) is 0 Å². The van der Waals surface area contributed by atoms with E-state index in [1.54, 1.807) is 14.2 Å². The highest BCUT2D eigenvalue weighted by atomic mass is 16.7. The summed E-state index contributed by atoms with van der Waals surface area (Å²) in [6, 6.07) is -3.35. The van der Waals surface area contributed by atoms with Crippen LogP contribution >= 0.6 is 0 Å². The van der Waals surface area contributed by atoms with Crippen molar-refractivity contribution in [3.8, 4) is 0 Å². The van der Waals surface area contributed by atoms with Crippen LogP contribution in [0.2, 0.25) is 0 Å². The molecule has 4 unspecified atom stereocenters. The van der Waals surface area contributed by atoms with Crippen molar-refractivity contribution in [2.75, 3.05) is 81.4 Å². The number of methoxy groups -OCH3 is 3. The first-order valence-electron chi connectivity index (χ1n) is 28.2. The fraction of sp³-hybridized carbons (Fsp3) is 0.759. The number of rotatable bonds is 43. The zero-order valence-corrected chi connectivity index (χ0v) is 50.2. The van der Waals surface area contributed by atoms with E-state index < -0.39 is 71.7 Å². The third kappa shape index (κ3) is 56.2. The molecule has 86 heavy (non-hydrogen) atoms. The normalized spacial score (nSPS) is 12.5. The number of carboxylic acid groups (broad SMARTS) is 4. The van der Waals surface area contributed by atoms with Gasteiger partial charge in [-0.05, 0) is 96.6 Å². The number of carbonyl (C=O) groups excluding carboxylic acids is 9. The van der Waals surface area contributed by atoms with Gasteiger partial charge in [0, 0.05) is 120 Å². The number of nitrogens with one attached hydrogen (secondary N) is 6. The summed E-state index contributed by atoms with van der Waals surface area (Å²) in [5, 5.41) is 50.6. The van der Waals surface area contributed by atoms with Gasteiger partial charge in [0.15, 0.2) is 0 Å². The molecule has 0 spiro atoms. The fourth-order valence-electron chi connectivity index (χ4n) is 6.52. The standard InChI is InChI=1S/C16H28N4O6.C16H30N2O6.C9H13NO5.2C6H14N2O2.CH4/c1-17-12(21)6-8-14(23)19-10-4-3-5-11(16(25)26)20-15(24)9-7-13(22)18-2;1-23-11-5-8-14(19)17-10-4-3-7-13(16(21)22)18-15(20)9-6-12-24-2;1-14-6-2-3-9(13)15-10-7(11)4-5-8(10)12;2*7-4-2-1-3-5(8)6(9)10;/h11H,3-10H2,1-2H3,(H,17,21)(H,18,22)(H,19,23)(H,20,24)(H,25,26);13H,3-12H2,1-2H3,(H,17,19)(H,18,20)(H,21,22);2-6H2,1H3;2*5H,1-4,7-8H2,(H,9,10);1H4. The number of aliphatic carboxylic acids is 4. The van der Waals surface area contributed by atoms with Crippen LogP contribution in [0.3, 0.4) is 0 Å². The average molecular weight is 1240 g/mol. The number of unbranched alkanes of at least 4 members (excludes halogenated alkanes) is 4. The number of nitrogens with zero attached hydrogens (tertiary/aromatic N) is 1. The second-order valence-electron chi connectivity index (χ2n) is 18.7. The molecule has 18 N–H and O–H groups in total. The Hall–Kier alpha value is -6.97. The lowest BCUT2D eigenvalue weighted by atomic mass is 10.1. The first-order valence-corrected chi connectivity index (χ1v) is 28.2. The van der Waals surface area contributed by atoms with Crippen molar-refractivity contribution in [3.05, 3.63) is 0 Å². The van der Waals surface area contributed by atoms with Crippen LogP contribution in [0.25, 0.3) is 0 Å². The number of hydrogen-bond donors (Lipinski definition) is 14. The number of hydroxylamine groups is 2. The van der Waals surface area contributed by atoms with Crippen LogP contribution in [-0.2, 0) is 81.4 Å². The second kappa shape index (κ2) is 59.7. The summed E-state index contributed by atoms with van der Waals surface area (Å²) >= 11 is 0. The van der Waals surface area contributed by atoms with Crippen LogP contribution in [0.4, 0.5) is 0 Å². The molecule has 0 aromatic heterocycles. The SMILES string of the molecule is C.CNC(=O)CCC(=O)NCCCCC(NC(=O)CCC(=O)NC)C(=O)O.COCCCC(=O)NCCCCC(NC(=O)CCCOC)C(=O)O.COCCCC(=O)ON1C(=O)CCC1=O.NCCCCC(N)C(=O)O.NCCCCC(N)C(=O)O. The molecule has 32 heteroatoms. The molecule has 1 aliphatic rings. The van der Waals surface area contributed by atoms with Crippen molar-refractivity contribution in [2.24, 2.45) is 22.9 Å². The van der Waals surface area contributed by atoms with Gasteiger partial charge in [-0.2, -0.15) is 0 Å². The van der Waals surface area contributed by atoms with E-state index in [2.05, 4.69) is 36.7 Å². The Morgan fingerprint density at radius 1 is 0.453 bits per heavy atom. The summed E-state index contributed by atoms with van der Waals surface area (Å²) < 4.78 is 14.5. The van der Waals surface area contributed by atoms with Gasteiger partial charge in [-0.3, -0.25) is 47.9 Å². The molecule has 1 heterocycles. The summed E-state index contributed by atoms with van der Waals surface area (Å²) in [5.74, 6) is -7.12. The molecule has 0 saturated carbocycles. The molecule has 1 saturated heterocycles. The Balaban J connectivity index is -0.000000334. The molecule has 500 valence electrons. The van der Waals surface area contributed by atoms with E-state index in [0.717, 1.165) is 25.7 Å². The Morgan fingerprint density at radius 3 is 1.13 bits per heavy atom. The zero-order valence-electron chi connectivity index (χ0n) is 50.2. The molecule has 1 rings (SSSR count). The van der Waals surface area contributed by atoms with E-state index in [1.807, 2.05) is 0 Å². The summed E-state index contributed by atoms with van der Waals surface area (Å²) in [6.07, 6.45) is 10.1. The topological polar surface area (TPSA) is 519 Å². The molecule has 0 radical (unpaired) electrons. The molecule has 1 aliphatic heterocycles. The van der Waals surface area contributed by atoms with Gasteiger partial charge in [0.1, 0.15) is 24.2 Å². The molecule has 32 nitrogen and oxygen atoms in total. The van der Waals surface area contributed by atoms with Crippen LogP contribution in [0.1, 0.15) is 162 Å². The van der Waals surface area contributed by atoms with E-state index in [1.165, 1.54) is 21.2 Å². The minimum atomic E-state index is -1.15. The van der Waals surface area contributed by atoms with Gasteiger partial charge >= 0.3 is 29.8 Å². The van der Waals surface area contributed by atoms with E-state index in [-0.39, 0.29) is 94.7 Å². The molecule has 0 aromatic carbocycles. The minimum Gasteiger partial charge on any atom is -0.480 e. The third-order valence-corrected chi connectivity index (χ3v) is 11.5. The van der Waals surface area contributed by atoms with E-state index in [9.17, 15) is 62.3 Å². The monoisotopic (exact) mass is 1240 g/mol. The van der Waals surface area contributed by atoms with Crippen molar-refractivity contribution >= 4 is 77.1 Å². The quantitative estimate of drug-likeness (QED) is 0.0265. The van der Waals surface area contributed by atoms with Crippen molar-refractivity contribution in [2.45, 2.75) is 186 Å². The van der Waals surface area contributed by atoms with Crippen molar-refractivity contribution in [3.63, 3.8) is 0 Å². The largest absolute Gasteiger partial charge is 0.480 e. The minimum absolute atomic E-state index is 0. The van der Waals surface area contributed by atoms with Gasteiger partial charge in [-0.15, -0.1) is 5.06 Å². The molecule has 0 aromatic rings. The number of ether oxygens (including phenoxy) is 3. The van der Waals surface area contributed by atoms with E-state index in [0.29, 0.717) is 122 Å². The number of hydrogen-bond acceptors (Lipinski definition) is 21. The maximum Gasteiger partial charge on any atom is 0.333 e. The summed E-state index contributed by atoms with van der Waals surface area (Å²) in [7, 11) is 7.62. The Morgan fingerprint density at radius 2 is 0.779 bits per heavy atom. The maximum atomic E-state index is 11.7. The lowest BCUT2D eigenvalue weighted by molar-refractivity contribution is -0.197. The molecular formula is C54H103N11O21. The highest BCUT2D eigenvalue weighted by molar-refractivity contribution is 6.01. The Labute approximate surface area is 504 Å². The van der Waals surface area contributed by atoms with E-state index >= 15 is 0 Å². The van der Waals surface area contributed by atoms with Gasteiger partial charge in [0.2, 0.25) is 35.4 Å². The predicted octanol–water partition coefficient (Wildman–Crippen LogP) is -0.699. The highest BCUT2D eigenvalue weighted by Crippen LogP contribution is 2.13. The maximum absolute atomic E-state index is 11.7. The lowest BCUT2D eigenvalue weighted by Gasteiger charge is -2.14. The van der Waals surface area contributed by atoms with Crippen molar-refractivity contribution in [1.82, 2.24) is 37.0 Å². The van der Waals surface area contributed by atoms with Gasteiger partial charge in [0.05, 0.1) is 6.42 Å². The summed E-state index contributed by atoms with van der Waals surface area (Å²) in [4.78, 5) is 149. The number of amides is 8. The molecule has 1 fully saturated rings. The van der Waals surface area contributed by atoms with Crippen LogP contribution < -0.4 is 54.8 Å². The molecule has 0 bridgehead atoms.